The van der Waals surface area contributed by atoms with Crippen molar-refractivity contribution in [3.05, 3.63) is 72.3 Å². The predicted molar refractivity (Wildman–Crippen MR) is 109 cm³/mol. The van der Waals surface area contributed by atoms with Gasteiger partial charge in [-0.3, -0.25) is 14.4 Å². The minimum absolute atomic E-state index is 0.199. The van der Waals surface area contributed by atoms with Gasteiger partial charge in [0.25, 0.3) is 0 Å². The average Bonchev–Trinajstić information content (AvgIpc) is 3.36. The van der Waals surface area contributed by atoms with E-state index in [1.165, 1.54) is 17.9 Å². The summed E-state index contributed by atoms with van der Waals surface area (Å²) in [5, 5.41) is 6.80. The SMILES string of the molecule is CC(=O)NC[C@H]1CN(c2ccc(-c3ccc(Cn4cccn4)cc3)c(F)c2)C(=O)O1. The van der Waals surface area contributed by atoms with Gasteiger partial charge in [-0.1, -0.05) is 24.3 Å². The molecule has 1 atom stereocenters. The van der Waals surface area contributed by atoms with Crippen LogP contribution < -0.4 is 10.2 Å². The summed E-state index contributed by atoms with van der Waals surface area (Å²) < 4.78 is 21.9. The lowest BCUT2D eigenvalue weighted by Crippen LogP contribution is -2.33. The molecule has 7 nitrogen and oxygen atoms in total. The zero-order valence-corrected chi connectivity index (χ0v) is 16.4. The topological polar surface area (TPSA) is 76.5 Å². The molecule has 0 aliphatic carbocycles. The number of amides is 2. The Morgan fingerprint density at radius 2 is 2.07 bits per heavy atom. The maximum atomic E-state index is 14.8. The van der Waals surface area contributed by atoms with Crippen LogP contribution in [-0.2, 0) is 16.1 Å². The minimum atomic E-state index is -0.555. The van der Waals surface area contributed by atoms with Crippen LogP contribution in [0, 0.1) is 5.82 Å². The zero-order valence-electron chi connectivity index (χ0n) is 16.4. The molecule has 8 heteroatoms. The van der Waals surface area contributed by atoms with E-state index in [1.54, 1.807) is 18.3 Å². The number of carbonyl (C=O) groups excluding carboxylic acids is 2. The molecule has 1 aromatic heterocycles. The van der Waals surface area contributed by atoms with Crippen LogP contribution in [0.15, 0.2) is 60.9 Å². The van der Waals surface area contributed by atoms with Gasteiger partial charge in [0.2, 0.25) is 5.91 Å². The maximum Gasteiger partial charge on any atom is 0.414 e. The number of carbonyl (C=O) groups is 2. The second-order valence-corrected chi connectivity index (χ2v) is 7.12. The number of halogens is 1. The first-order valence-corrected chi connectivity index (χ1v) is 9.58. The van der Waals surface area contributed by atoms with Crippen LogP contribution >= 0.6 is 0 Å². The Labute approximate surface area is 173 Å². The van der Waals surface area contributed by atoms with E-state index in [4.69, 9.17) is 4.74 Å². The monoisotopic (exact) mass is 408 g/mol. The lowest BCUT2D eigenvalue weighted by Gasteiger charge is -2.15. The van der Waals surface area contributed by atoms with Crippen molar-refractivity contribution in [2.75, 3.05) is 18.0 Å². The Bertz CT molecular complexity index is 1050. The number of nitrogens with zero attached hydrogens (tertiary/aromatic N) is 3. The van der Waals surface area contributed by atoms with Gasteiger partial charge in [0.05, 0.1) is 25.3 Å². The van der Waals surface area contributed by atoms with E-state index < -0.39 is 18.0 Å². The molecule has 1 aliphatic heterocycles. The van der Waals surface area contributed by atoms with Crippen molar-refractivity contribution in [1.29, 1.82) is 0 Å². The summed E-state index contributed by atoms with van der Waals surface area (Å²) >= 11 is 0. The molecular formula is C22H21FN4O3. The highest BCUT2D eigenvalue weighted by molar-refractivity contribution is 5.90. The third kappa shape index (κ3) is 4.32. The molecule has 154 valence electrons. The molecule has 2 heterocycles. The van der Waals surface area contributed by atoms with Gasteiger partial charge in [-0.25, -0.2) is 9.18 Å². The maximum absolute atomic E-state index is 14.8. The molecule has 0 spiro atoms. The van der Waals surface area contributed by atoms with Crippen molar-refractivity contribution in [2.45, 2.75) is 19.6 Å². The normalized spacial score (nSPS) is 15.9. The summed E-state index contributed by atoms with van der Waals surface area (Å²) in [6, 6.07) is 14.1. The van der Waals surface area contributed by atoms with Crippen molar-refractivity contribution in [1.82, 2.24) is 15.1 Å². The average molecular weight is 408 g/mol. The number of rotatable bonds is 6. The molecule has 30 heavy (non-hydrogen) atoms. The minimum Gasteiger partial charge on any atom is -0.442 e. The van der Waals surface area contributed by atoms with Crippen LogP contribution in [0.1, 0.15) is 12.5 Å². The summed E-state index contributed by atoms with van der Waals surface area (Å²) in [6.07, 6.45) is 2.59. The quantitative estimate of drug-likeness (QED) is 0.680. The highest BCUT2D eigenvalue weighted by Crippen LogP contribution is 2.29. The molecule has 1 fully saturated rings. The highest BCUT2D eigenvalue weighted by Gasteiger charge is 2.32. The van der Waals surface area contributed by atoms with Crippen LogP contribution in [0.3, 0.4) is 0 Å². The summed E-state index contributed by atoms with van der Waals surface area (Å²) in [4.78, 5) is 24.5. The summed E-state index contributed by atoms with van der Waals surface area (Å²) in [6.45, 7) is 2.51. The lowest BCUT2D eigenvalue weighted by atomic mass is 10.0. The predicted octanol–water partition coefficient (Wildman–Crippen LogP) is 3.20. The van der Waals surface area contributed by atoms with Gasteiger partial charge in [0.15, 0.2) is 0 Å². The lowest BCUT2D eigenvalue weighted by molar-refractivity contribution is -0.119. The molecule has 0 saturated carbocycles. The molecule has 1 N–H and O–H groups in total. The Balaban J connectivity index is 1.47. The molecule has 1 saturated heterocycles. The Hall–Kier alpha value is -3.68. The third-order valence-electron chi connectivity index (χ3n) is 4.89. The van der Waals surface area contributed by atoms with Crippen molar-refractivity contribution < 1.29 is 18.7 Å². The van der Waals surface area contributed by atoms with E-state index in [0.29, 0.717) is 17.8 Å². The number of ether oxygens (including phenoxy) is 1. The van der Waals surface area contributed by atoms with E-state index in [0.717, 1.165) is 11.1 Å². The van der Waals surface area contributed by atoms with Gasteiger partial charge >= 0.3 is 6.09 Å². The Morgan fingerprint density at radius 3 is 2.73 bits per heavy atom. The van der Waals surface area contributed by atoms with Crippen LogP contribution in [0.4, 0.5) is 14.9 Å². The highest BCUT2D eigenvalue weighted by atomic mass is 19.1. The largest absolute Gasteiger partial charge is 0.442 e. The van der Waals surface area contributed by atoms with Crippen LogP contribution in [0.25, 0.3) is 11.1 Å². The van der Waals surface area contributed by atoms with Gasteiger partial charge < -0.3 is 10.1 Å². The smallest absolute Gasteiger partial charge is 0.414 e. The fourth-order valence-corrected chi connectivity index (χ4v) is 3.37. The van der Waals surface area contributed by atoms with E-state index in [2.05, 4.69) is 10.4 Å². The standard InChI is InChI=1S/C22H21FN4O3/c1-15(28)24-12-19-14-27(22(29)30-19)18-7-8-20(21(23)11-18)17-5-3-16(4-6-17)13-26-10-2-9-25-26/h2-11,19H,12-14H2,1H3,(H,24,28)/t19-/m0/s1. The molecule has 2 aromatic carbocycles. The molecular weight excluding hydrogens is 387 g/mol. The van der Waals surface area contributed by atoms with Crippen molar-refractivity contribution in [3.63, 3.8) is 0 Å². The number of cyclic esters (lactones) is 1. The first kappa shape index (κ1) is 19.6. The van der Waals surface area contributed by atoms with Crippen molar-refractivity contribution in [2.24, 2.45) is 0 Å². The molecule has 3 aromatic rings. The number of benzene rings is 2. The van der Waals surface area contributed by atoms with E-state index in [9.17, 15) is 14.0 Å². The molecule has 0 bridgehead atoms. The second kappa shape index (κ2) is 8.36. The fraction of sp³-hybridized carbons (Fsp3) is 0.227. The van der Waals surface area contributed by atoms with Crippen LogP contribution in [0.5, 0.6) is 0 Å². The summed E-state index contributed by atoms with van der Waals surface area (Å²) in [5.74, 6) is -0.624. The van der Waals surface area contributed by atoms with E-state index in [-0.39, 0.29) is 19.0 Å². The molecule has 1 aliphatic rings. The van der Waals surface area contributed by atoms with Gasteiger partial charge in [0, 0.05) is 24.9 Å². The van der Waals surface area contributed by atoms with Crippen LogP contribution in [0.2, 0.25) is 0 Å². The van der Waals surface area contributed by atoms with E-state index >= 15 is 0 Å². The zero-order chi connectivity index (χ0) is 21.1. The van der Waals surface area contributed by atoms with E-state index in [1.807, 2.05) is 41.2 Å². The molecule has 0 radical (unpaired) electrons. The number of anilines is 1. The number of nitrogens with one attached hydrogen (secondary N) is 1. The first-order valence-electron chi connectivity index (χ1n) is 9.58. The Morgan fingerprint density at radius 1 is 1.27 bits per heavy atom. The van der Waals surface area contributed by atoms with Gasteiger partial charge in [-0.2, -0.15) is 5.10 Å². The second-order valence-electron chi connectivity index (χ2n) is 7.12. The van der Waals surface area contributed by atoms with Crippen molar-refractivity contribution >= 4 is 17.7 Å². The van der Waals surface area contributed by atoms with Crippen molar-refractivity contribution in [3.8, 4) is 11.1 Å². The summed E-state index contributed by atoms with van der Waals surface area (Å²) in [5.41, 5.74) is 2.67. The number of hydrogen-bond donors (Lipinski definition) is 1. The molecule has 0 unspecified atom stereocenters. The Kier molecular flexibility index (Phi) is 5.47. The van der Waals surface area contributed by atoms with Gasteiger partial charge in [-0.05, 0) is 35.4 Å². The van der Waals surface area contributed by atoms with Gasteiger partial charge in [-0.15, -0.1) is 0 Å². The first-order chi connectivity index (χ1) is 14.5. The fourth-order valence-electron chi connectivity index (χ4n) is 3.37. The summed E-state index contributed by atoms with van der Waals surface area (Å²) in [7, 11) is 0. The molecule has 4 rings (SSSR count). The number of aromatic nitrogens is 2. The van der Waals surface area contributed by atoms with Gasteiger partial charge in [0.1, 0.15) is 11.9 Å². The molecule has 2 amide bonds. The van der Waals surface area contributed by atoms with Crippen LogP contribution in [-0.4, -0.2) is 41.0 Å². The number of hydrogen-bond acceptors (Lipinski definition) is 4. The third-order valence-corrected chi connectivity index (χ3v) is 4.89.